The second-order valence-electron chi connectivity index (χ2n) is 7.28. The van der Waals surface area contributed by atoms with E-state index in [2.05, 4.69) is 26.5 Å². The van der Waals surface area contributed by atoms with Gasteiger partial charge in [0.15, 0.2) is 5.69 Å². The van der Waals surface area contributed by atoms with Gasteiger partial charge < -0.3 is 5.73 Å². The predicted octanol–water partition coefficient (Wildman–Crippen LogP) is 2.51. The van der Waals surface area contributed by atoms with Gasteiger partial charge >= 0.3 is 0 Å². The number of hydrogen-bond donors (Lipinski definition) is 2. The van der Waals surface area contributed by atoms with Gasteiger partial charge in [-0.05, 0) is 29.8 Å². The number of nitrogens with one attached hydrogen (secondary N) is 1. The van der Waals surface area contributed by atoms with Crippen LogP contribution in [-0.4, -0.2) is 29.8 Å². The summed E-state index contributed by atoms with van der Waals surface area (Å²) in [6.07, 6.45) is 3.56. The zero-order chi connectivity index (χ0) is 22.2. The highest BCUT2D eigenvalue weighted by atomic mass is 16.1. The van der Waals surface area contributed by atoms with E-state index < -0.39 is 0 Å². The average Bonchev–Trinajstić information content (AvgIpc) is 3.42. The number of benzene rings is 2. The molecule has 0 aliphatic rings. The van der Waals surface area contributed by atoms with Crippen LogP contribution in [0.1, 0.15) is 11.4 Å². The highest BCUT2D eigenvalue weighted by molar-refractivity contribution is 5.91. The Balaban J connectivity index is 1.71. The number of rotatable bonds is 4. The third kappa shape index (κ3) is 3.07. The van der Waals surface area contributed by atoms with Gasteiger partial charge in [0.1, 0.15) is 6.07 Å². The number of nitrogens with two attached hydrogens (primary N) is 1. The molecule has 0 saturated heterocycles. The molecule has 0 fully saturated rings. The summed E-state index contributed by atoms with van der Waals surface area (Å²) in [6.45, 7) is 0.194. The van der Waals surface area contributed by atoms with Gasteiger partial charge in [0, 0.05) is 30.7 Å². The summed E-state index contributed by atoms with van der Waals surface area (Å²) < 4.78 is 3.40. The third-order valence-electron chi connectivity index (χ3n) is 5.41. The van der Waals surface area contributed by atoms with E-state index in [0.717, 1.165) is 22.5 Å². The Morgan fingerprint density at radius 3 is 2.69 bits per heavy atom. The maximum absolute atomic E-state index is 12.2. The first-order chi connectivity index (χ1) is 15.6. The Hall–Kier alpha value is -4.55. The maximum Gasteiger partial charge on any atom is 0.272 e. The molecule has 0 aliphatic heterocycles. The Bertz CT molecular complexity index is 1550. The highest BCUT2D eigenvalue weighted by Crippen LogP contribution is 2.35. The van der Waals surface area contributed by atoms with Gasteiger partial charge in [0.05, 0.1) is 34.2 Å². The van der Waals surface area contributed by atoms with Gasteiger partial charge in [-0.1, -0.05) is 24.3 Å². The first-order valence-corrected chi connectivity index (χ1v) is 9.90. The third-order valence-corrected chi connectivity index (χ3v) is 5.41. The molecule has 0 unspecified atom stereocenters. The molecule has 0 spiro atoms. The van der Waals surface area contributed by atoms with Crippen molar-refractivity contribution in [2.45, 2.75) is 6.54 Å². The molecular weight excluding hydrogens is 404 g/mol. The van der Waals surface area contributed by atoms with E-state index in [0.29, 0.717) is 27.7 Å². The van der Waals surface area contributed by atoms with Gasteiger partial charge in [-0.25, -0.2) is 9.78 Å². The SMILES string of the molecule is Cn1ncc(-c2ccc3c(=O)[nH]nc(CN)c3c2)c1-c1cn(-c2ccccc2)nc1C#N. The first kappa shape index (κ1) is 19.4. The zero-order valence-electron chi connectivity index (χ0n) is 17.1. The molecule has 9 heteroatoms. The highest BCUT2D eigenvalue weighted by Gasteiger charge is 2.20. The van der Waals surface area contributed by atoms with E-state index in [1.54, 1.807) is 21.6 Å². The van der Waals surface area contributed by atoms with E-state index in [4.69, 9.17) is 5.73 Å². The zero-order valence-corrected chi connectivity index (χ0v) is 17.1. The lowest BCUT2D eigenvalue weighted by atomic mass is 9.99. The van der Waals surface area contributed by atoms with Gasteiger partial charge in [0.2, 0.25) is 0 Å². The standard InChI is InChI=1S/C23H18N8O/c1-30-22(19-13-31(29-21(19)11-25)15-5-3-2-4-6-15)18(12-26-30)14-7-8-16-17(9-14)20(10-24)27-28-23(16)32/h2-9,12-13H,10,24H2,1H3,(H,28,32). The summed E-state index contributed by atoms with van der Waals surface area (Å²) in [4.78, 5) is 12.2. The molecule has 32 heavy (non-hydrogen) atoms. The van der Waals surface area contributed by atoms with Crippen molar-refractivity contribution in [2.24, 2.45) is 12.8 Å². The fraction of sp³-hybridized carbons (Fsp3) is 0.0870. The van der Waals surface area contributed by atoms with Crippen LogP contribution in [0.15, 0.2) is 65.7 Å². The van der Waals surface area contributed by atoms with Crippen molar-refractivity contribution in [2.75, 3.05) is 0 Å². The Morgan fingerprint density at radius 2 is 1.94 bits per heavy atom. The van der Waals surface area contributed by atoms with Crippen molar-refractivity contribution in [1.29, 1.82) is 5.26 Å². The fourth-order valence-corrected chi connectivity index (χ4v) is 3.85. The van der Waals surface area contributed by atoms with Crippen LogP contribution in [0.2, 0.25) is 0 Å². The molecular formula is C23H18N8O. The van der Waals surface area contributed by atoms with Gasteiger partial charge in [0.25, 0.3) is 5.56 Å². The summed E-state index contributed by atoms with van der Waals surface area (Å²) in [5.74, 6) is 0. The minimum atomic E-state index is -0.272. The quantitative estimate of drug-likeness (QED) is 0.457. The lowest BCUT2D eigenvalue weighted by molar-refractivity contribution is 0.775. The lowest BCUT2D eigenvalue weighted by Crippen LogP contribution is -2.13. The van der Waals surface area contributed by atoms with Crippen LogP contribution in [0.25, 0.3) is 38.8 Å². The molecule has 0 amide bonds. The molecule has 0 atom stereocenters. The van der Waals surface area contributed by atoms with Crippen LogP contribution in [0.4, 0.5) is 0 Å². The Labute approximate surface area is 182 Å². The molecule has 3 heterocycles. The number of nitriles is 1. The molecule has 2 aromatic carbocycles. The Kier molecular flexibility index (Phi) is 4.62. The number of aryl methyl sites for hydroxylation is 1. The van der Waals surface area contributed by atoms with Crippen LogP contribution in [0.5, 0.6) is 0 Å². The van der Waals surface area contributed by atoms with Crippen molar-refractivity contribution in [1.82, 2.24) is 29.8 Å². The van der Waals surface area contributed by atoms with Crippen molar-refractivity contribution in [3.05, 3.63) is 82.7 Å². The lowest BCUT2D eigenvalue weighted by Gasteiger charge is -2.08. The molecule has 156 valence electrons. The molecule has 0 bridgehead atoms. The number of para-hydroxylation sites is 1. The number of aromatic amines is 1. The molecule has 3 N–H and O–H groups in total. The van der Waals surface area contributed by atoms with Crippen LogP contribution < -0.4 is 11.3 Å². The number of nitrogens with zero attached hydrogens (tertiary/aromatic N) is 6. The monoisotopic (exact) mass is 422 g/mol. The Morgan fingerprint density at radius 1 is 1.12 bits per heavy atom. The van der Waals surface area contributed by atoms with Crippen molar-refractivity contribution < 1.29 is 0 Å². The molecule has 5 aromatic rings. The predicted molar refractivity (Wildman–Crippen MR) is 120 cm³/mol. The summed E-state index contributed by atoms with van der Waals surface area (Å²) in [5, 5.41) is 26.4. The minimum Gasteiger partial charge on any atom is -0.325 e. The van der Waals surface area contributed by atoms with E-state index in [1.807, 2.05) is 55.7 Å². The number of H-pyrrole nitrogens is 1. The average molecular weight is 422 g/mol. The second kappa shape index (κ2) is 7.61. The topological polar surface area (TPSA) is 131 Å². The van der Waals surface area contributed by atoms with Crippen LogP contribution in [-0.2, 0) is 13.6 Å². The second-order valence-corrected chi connectivity index (χ2v) is 7.28. The van der Waals surface area contributed by atoms with Gasteiger partial charge in [-0.3, -0.25) is 9.48 Å². The molecule has 0 radical (unpaired) electrons. The minimum absolute atomic E-state index is 0.194. The van der Waals surface area contributed by atoms with E-state index in [-0.39, 0.29) is 12.1 Å². The van der Waals surface area contributed by atoms with Gasteiger partial charge in [-0.15, -0.1) is 0 Å². The number of aromatic nitrogens is 6. The van der Waals surface area contributed by atoms with Crippen molar-refractivity contribution >= 4 is 10.8 Å². The summed E-state index contributed by atoms with van der Waals surface area (Å²) >= 11 is 0. The van der Waals surface area contributed by atoms with Crippen molar-refractivity contribution in [3.8, 4) is 34.1 Å². The van der Waals surface area contributed by atoms with Gasteiger partial charge in [-0.2, -0.15) is 20.6 Å². The molecule has 0 aliphatic carbocycles. The summed E-state index contributed by atoms with van der Waals surface area (Å²) in [5.41, 5.74) is 10.3. The molecule has 0 saturated carbocycles. The first-order valence-electron chi connectivity index (χ1n) is 9.90. The summed E-state index contributed by atoms with van der Waals surface area (Å²) in [7, 11) is 1.82. The van der Waals surface area contributed by atoms with Crippen molar-refractivity contribution in [3.63, 3.8) is 0 Å². The summed E-state index contributed by atoms with van der Waals surface area (Å²) in [6, 6.07) is 17.3. The number of hydrogen-bond acceptors (Lipinski definition) is 6. The smallest absolute Gasteiger partial charge is 0.272 e. The van der Waals surface area contributed by atoms with E-state index in [1.165, 1.54) is 0 Å². The number of fused-ring (bicyclic) bond motifs is 1. The van der Waals surface area contributed by atoms with E-state index >= 15 is 0 Å². The van der Waals surface area contributed by atoms with Crippen LogP contribution >= 0.6 is 0 Å². The largest absolute Gasteiger partial charge is 0.325 e. The maximum atomic E-state index is 12.2. The van der Waals surface area contributed by atoms with Crippen LogP contribution in [0.3, 0.4) is 0 Å². The van der Waals surface area contributed by atoms with Crippen LogP contribution in [0, 0.1) is 11.3 Å². The molecule has 9 nitrogen and oxygen atoms in total. The van der Waals surface area contributed by atoms with E-state index in [9.17, 15) is 10.1 Å². The fourth-order valence-electron chi connectivity index (χ4n) is 3.85. The molecule has 5 rings (SSSR count). The molecule has 3 aromatic heterocycles. The normalized spacial score (nSPS) is 11.0.